The van der Waals surface area contributed by atoms with E-state index in [1.165, 1.54) is 0 Å². The average molecular weight is 1680 g/mol. The first kappa shape index (κ1) is 30.5. The van der Waals surface area contributed by atoms with Gasteiger partial charge < -0.3 is 3.07 Å². The highest BCUT2D eigenvalue weighted by atomic mass is 127. The van der Waals surface area contributed by atoms with Crippen LogP contribution < -0.4 is 0 Å². The van der Waals surface area contributed by atoms with Crippen LogP contribution in [0.4, 0.5) is 0 Å². The normalized spacial score (nSPS) is 16.4. The van der Waals surface area contributed by atoms with Crippen molar-refractivity contribution in [3.05, 3.63) is 0 Å². The first-order valence-corrected chi connectivity index (χ1v) is 17.8. The van der Waals surface area contributed by atoms with E-state index in [1.807, 2.05) is 0 Å². The molecule has 22 heavy (non-hydrogen) atoms. The van der Waals surface area contributed by atoms with Crippen molar-refractivity contribution in [3.63, 3.8) is 0 Å². The zero-order valence-electron chi connectivity index (χ0n) is 9.31. The summed E-state index contributed by atoms with van der Waals surface area (Å²) in [7, 11) is 0. The Balaban J connectivity index is 6.17. The maximum Gasteiger partial charge on any atom is 0.343 e. The van der Waals surface area contributed by atoms with E-state index in [9.17, 15) is 4.79 Å². The van der Waals surface area contributed by atoms with Gasteiger partial charge in [-0.2, -0.15) is 0 Å². The summed E-state index contributed by atoms with van der Waals surface area (Å²) in [5.74, 6) is -0.246. The van der Waals surface area contributed by atoms with Gasteiger partial charge in [-0.3, -0.25) is 0 Å². The van der Waals surface area contributed by atoms with Crippen LogP contribution in [0, 0.1) is 0 Å². The monoisotopic (exact) mass is 1670 g/mol. The Bertz CT molecular complexity index is 433. The number of alkyl halides is 12. The van der Waals surface area contributed by atoms with E-state index in [-0.39, 0.29) is 13.6 Å². The molecule has 0 aromatic rings. The van der Waals surface area contributed by atoms with Crippen molar-refractivity contribution in [1.29, 1.82) is 0 Å². The molecule has 0 bridgehead atoms. The lowest BCUT2D eigenvalue weighted by molar-refractivity contribution is -0.130. The van der Waals surface area contributed by atoms with Crippen LogP contribution in [0.1, 0.15) is 0 Å². The largest absolute Gasteiger partial charge is 0.393 e. The number of hydrogen-bond acceptors (Lipinski definition) is 2. The molecule has 0 saturated heterocycles. The first-order valence-electron chi connectivity index (χ1n) is 4.43. The number of hydrogen-bond donors (Lipinski definition) is 0. The summed E-state index contributed by atoms with van der Waals surface area (Å²) < 4.78 is 2.98. The quantitative estimate of drug-likeness (QED) is 0.196. The van der Waals surface area contributed by atoms with E-state index >= 15 is 0 Å². The van der Waals surface area contributed by atoms with Gasteiger partial charge in [0.25, 0.3) is 0 Å². The first-order chi connectivity index (χ1) is 9.42. The Labute approximate surface area is 298 Å². The minimum Gasteiger partial charge on any atom is -0.393 e. The lowest BCUT2D eigenvalue weighted by Crippen LogP contribution is -2.63. The van der Waals surface area contributed by atoms with Crippen molar-refractivity contribution in [2.75, 3.05) is 0 Å². The lowest BCUT2D eigenvalue weighted by Gasteiger charge is -2.52. The predicted molar refractivity (Wildman–Crippen MR) is 198 cm³/mol. The van der Waals surface area contributed by atoms with Crippen molar-refractivity contribution in [2.24, 2.45) is 0 Å². The minimum atomic E-state index is -0.731. The SMILES string of the molecule is O=C(OI)C(I)(I)C(I)(I)C(I)(I)C(I)(I)C(I)(I)C(Cl)I. The summed E-state index contributed by atoms with van der Waals surface area (Å²) in [6.45, 7) is 0. The maximum absolute atomic E-state index is 12.3. The van der Waals surface area contributed by atoms with Gasteiger partial charge in [-0.15, -0.1) is 11.6 Å². The zero-order chi connectivity index (χ0) is 18.4. The van der Waals surface area contributed by atoms with Crippen LogP contribution in [-0.2, 0) is 7.86 Å². The van der Waals surface area contributed by atoms with Crippen LogP contribution in [0.3, 0.4) is 0 Å². The molecule has 1 unspecified atom stereocenters. The molecule has 0 amide bonds. The van der Waals surface area contributed by atoms with Gasteiger partial charge in [0, 0.05) is 0 Å². The molecule has 0 aliphatic carbocycles. The molecule has 2 nitrogen and oxygen atoms in total. The van der Waals surface area contributed by atoms with Crippen molar-refractivity contribution in [1.82, 2.24) is 0 Å². The van der Waals surface area contributed by atoms with Crippen molar-refractivity contribution in [3.8, 4) is 0 Å². The van der Waals surface area contributed by atoms with E-state index in [0.29, 0.717) is 0 Å². The molecule has 0 aliphatic rings. The number of rotatable bonds is 6. The third-order valence-electron chi connectivity index (χ3n) is 2.20. The second-order valence-electron chi connectivity index (χ2n) is 3.59. The highest BCUT2D eigenvalue weighted by Gasteiger charge is 2.72. The van der Waals surface area contributed by atoms with E-state index < -0.39 is 2.86 Å². The Hall–Kier alpha value is 8.52. The van der Waals surface area contributed by atoms with Crippen LogP contribution in [0.5, 0.6) is 0 Å². The fraction of sp³-hybridized carbons (Fsp3) is 0.857. The topological polar surface area (TPSA) is 26.3 Å². The average Bonchev–Trinajstić information content (AvgIpc) is 2.36. The molecule has 15 heteroatoms. The smallest absolute Gasteiger partial charge is 0.343 e. The molecule has 0 aliphatic heterocycles. The van der Waals surface area contributed by atoms with E-state index in [0.717, 1.165) is 0 Å². The third-order valence-corrected chi connectivity index (χ3v) is 38.7. The van der Waals surface area contributed by atoms with Gasteiger partial charge >= 0.3 is 5.97 Å². The Morgan fingerprint density at radius 3 is 1.45 bits per heavy atom. The Morgan fingerprint density at radius 1 is 0.818 bits per heavy atom. The predicted octanol–water partition coefficient (Wildman–Crippen LogP) is 9.71. The van der Waals surface area contributed by atoms with Crippen LogP contribution in [-0.4, -0.2) is 16.5 Å². The van der Waals surface area contributed by atoms with Gasteiger partial charge in [0.05, 0.1) is 0 Å². The van der Waals surface area contributed by atoms with Crippen molar-refractivity contribution in [2.45, 2.75) is 10.5 Å². The molecule has 0 spiro atoms. The number of carbonyl (C=O) groups excluding carboxylic acids is 1. The van der Waals surface area contributed by atoms with E-state index in [2.05, 4.69) is 248 Å². The molecule has 0 heterocycles. The molecule has 0 saturated carbocycles. The Kier molecular flexibility index (Phi) is 16.1. The van der Waals surface area contributed by atoms with Crippen molar-refractivity contribution >= 4 is 289 Å². The maximum atomic E-state index is 12.3. The summed E-state index contributed by atoms with van der Waals surface area (Å²) in [5.41, 5.74) is 0. The highest BCUT2D eigenvalue weighted by Crippen LogP contribution is 2.73. The lowest BCUT2D eigenvalue weighted by atomic mass is 10.1. The molecule has 0 fully saturated rings. The van der Waals surface area contributed by atoms with Gasteiger partial charge in [-0.1, -0.05) is 248 Å². The second-order valence-corrected chi connectivity index (χ2v) is 33.1. The molecule has 0 rings (SSSR count). The molecular formula is C7HClI12O2. The van der Waals surface area contributed by atoms with E-state index in [4.69, 9.17) is 14.7 Å². The molecule has 0 radical (unpaired) electrons. The molecule has 0 aromatic heterocycles. The number of carbonyl (C=O) groups is 1. The molecule has 0 N–H and O–H groups in total. The fourth-order valence-corrected chi connectivity index (χ4v) is 16.7. The molecular weight excluding hydrogens is 1670 g/mol. The van der Waals surface area contributed by atoms with Gasteiger partial charge in [0.15, 0.2) is 24.4 Å². The van der Waals surface area contributed by atoms with Crippen LogP contribution in [0.25, 0.3) is 0 Å². The van der Waals surface area contributed by atoms with Gasteiger partial charge in [0.2, 0.25) is 0 Å². The molecule has 132 valence electrons. The fourth-order valence-electron chi connectivity index (χ4n) is 0.917. The second kappa shape index (κ2) is 11.6. The van der Waals surface area contributed by atoms with Crippen molar-refractivity contribution < 1.29 is 7.86 Å². The minimum absolute atomic E-state index is 0.0676. The summed E-state index contributed by atoms with van der Waals surface area (Å²) in [6.07, 6.45) is 0. The molecule has 0 aromatic carbocycles. The Morgan fingerprint density at radius 2 is 1.18 bits per heavy atom. The standard InChI is InChI=1S/C7HClI12O2/c8-1(9)3(10,11)5(14,15)7(18,19)6(16,17)4(12,13)2(21)22-20/h1H. The summed E-state index contributed by atoms with van der Waals surface area (Å²) >= 11 is 34.2. The van der Waals surface area contributed by atoms with Crippen LogP contribution in [0.2, 0.25) is 0 Å². The van der Waals surface area contributed by atoms with E-state index in [1.54, 1.807) is 23.0 Å². The van der Waals surface area contributed by atoms with Crippen LogP contribution >= 0.6 is 283 Å². The number of halogens is 13. The summed E-state index contributed by atoms with van der Waals surface area (Å²) in [4.78, 5) is 12.3. The van der Waals surface area contributed by atoms with Gasteiger partial charge in [0.1, 0.15) is 9.10 Å². The highest BCUT2D eigenvalue weighted by molar-refractivity contribution is 14.2. The molecule has 1 atom stereocenters. The summed E-state index contributed by atoms with van der Waals surface area (Å²) in [5, 5.41) is 0. The van der Waals surface area contributed by atoms with Gasteiger partial charge in [-0.05, 0) is 0 Å². The third kappa shape index (κ3) is 6.31. The summed E-state index contributed by atoms with van der Waals surface area (Å²) in [6, 6.07) is 0. The van der Waals surface area contributed by atoms with Crippen LogP contribution in [0.15, 0.2) is 0 Å². The zero-order valence-corrected chi connectivity index (χ0v) is 36.0. The van der Waals surface area contributed by atoms with Gasteiger partial charge in [-0.25, -0.2) is 4.79 Å².